The highest BCUT2D eigenvalue weighted by Crippen LogP contribution is 2.46. The highest BCUT2D eigenvalue weighted by Gasteiger charge is 2.44. The molecule has 0 radical (unpaired) electrons. The molecule has 3 atom stereocenters. The fraction of sp³-hybridized carbons (Fsp3) is 0.484. The summed E-state index contributed by atoms with van der Waals surface area (Å²) in [7, 11) is 1.35. The van der Waals surface area contributed by atoms with Crippen LogP contribution in [0.3, 0.4) is 0 Å². The zero-order chi connectivity index (χ0) is 32.2. The molecule has 0 bridgehead atoms. The summed E-state index contributed by atoms with van der Waals surface area (Å²) in [5.41, 5.74) is -1.14. The Morgan fingerprint density at radius 3 is 2.41 bits per heavy atom. The molecule has 1 fully saturated rings. The number of hydrogen-bond donors (Lipinski definition) is 2. The Bertz CT molecular complexity index is 1520. The Kier molecular flexibility index (Phi) is 10.6. The van der Waals surface area contributed by atoms with Crippen LogP contribution in [-0.4, -0.2) is 35.6 Å². The number of nitrogens with zero attached hydrogens (tertiary/aromatic N) is 5. The summed E-state index contributed by atoms with van der Waals surface area (Å²) in [6, 6.07) is 9.17. The molecule has 0 saturated heterocycles. The second kappa shape index (κ2) is 13.8. The number of aliphatic hydroxyl groups is 1. The fourth-order valence-electron chi connectivity index (χ4n) is 5.46. The van der Waals surface area contributed by atoms with Crippen molar-refractivity contribution >= 4 is 34.5 Å². The van der Waals surface area contributed by atoms with Crippen molar-refractivity contribution in [2.75, 3.05) is 5.32 Å². The van der Waals surface area contributed by atoms with Gasteiger partial charge in [-0.3, -0.25) is 9.48 Å². The molecule has 13 heteroatoms. The molecule has 1 aliphatic rings. The first-order valence-electron chi connectivity index (χ1n) is 14.5. The Morgan fingerprint density at radius 1 is 1.16 bits per heavy atom. The monoisotopic (exact) mass is 650 g/mol. The van der Waals surface area contributed by atoms with Crippen molar-refractivity contribution in [2.45, 2.75) is 71.2 Å². The van der Waals surface area contributed by atoms with Gasteiger partial charge < -0.3 is 10.4 Å². The van der Waals surface area contributed by atoms with Gasteiger partial charge >= 0.3 is 6.18 Å². The van der Waals surface area contributed by atoms with Gasteiger partial charge in [0.05, 0.1) is 17.8 Å². The third kappa shape index (κ3) is 8.28. The smallest absolute Gasteiger partial charge is 0.383 e. The van der Waals surface area contributed by atoms with Crippen molar-refractivity contribution in [1.29, 1.82) is 0 Å². The van der Waals surface area contributed by atoms with E-state index in [0.29, 0.717) is 29.1 Å². The minimum absolute atomic E-state index is 0.174. The fourth-order valence-corrected chi connectivity index (χ4v) is 6.51. The quantitative estimate of drug-likeness (QED) is 0.183. The van der Waals surface area contributed by atoms with E-state index in [9.17, 15) is 23.1 Å². The first kappa shape index (κ1) is 33.7. The van der Waals surface area contributed by atoms with E-state index in [1.54, 1.807) is 17.1 Å². The molecular formula is C31H38ClF3N6O2S. The van der Waals surface area contributed by atoms with Crippen LogP contribution in [0.25, 0.3) is 0 Å². The summed E-state index contributed by atoms with van der Waals surface area (Å²) in [5, 5.41) is 23.9. The van der Waals surface area contributed by atoms with E-state index >= 15 is 0 Å². The summed E-state index contributed by atoms with van der Waals surface area (Å²) >= 11 is 7.44. The van der Waals surface area contributed by atoms with Gasteiger partial charge in [0.15, 0.2) is 5.69 Å². The van der Waals surface area contributed by atoms with E-state index in [0.717, 1.165) is 27.7 Å². The maximum atomic E-state index is 13.0. The lowest BCUT2D eigenvalue weighted by molar-refractivity contribution is -0.141. The Hall–Kier alpha value is -3.22. The predicted octanol–water partition coefficient (Wildman–Crippen LogP) is 7.77. The van der Waals surface area contributed by atoms with E-state index in [2.05, 4.69) is 41.3 Å². The number of aryl methyl sites for hydroxylation is 1. The van der Waals surface area contributed by atoms with Crippen molar-refractivity contribution in [3.8, 4) is 0 Å². The number of rotatable bonds is 10. The minimum Gasteiger partial charge on any atom is -0.383 e. The Morgan fingerprint density at radius 2 is 1.84 bits per heavy atom. The summed E-state index contributed by atoms with van der Waals surface area (Å²) in [6.07, 6.45) is 2.86. The van der Waals surface area contributed by atoms with Gasteiger partial charge in [-0.2, -0.15) is 23.4 Å². The van der Waals surface area contributed by atoms with Crippen molar-refractivity contribution < 1.29 is 23.1 Å². The van der Waals surface area contributed by atoms with E-state index in [4.69, 9.17) is 11.6 Å². The van der Waals surface area contributed by atoms with Crippen molar-refractivity contribution in [2.24, 2.45) is 24.8 Å². The lowest BCUT2D eigenvalue weighted by Crippen LogP contribution is -2.39. The number of carbonyl (C=O) groups is 1. The number of anilines is 1. The number of thiophene rings is 1. The summed E-state index contributed by atoms with van der Waals surface area (Å²) in [6.45, 7) is 8.78. The zero-order valence-electron chi connectivity index (χ0n) is 25.3. The van der Waals surface area contributed by atoms with E-state index < -0.39 is 28.9 Å². The third-order valence-electron chi connectivity index (χ3n) is 7.85. The van der Waals surface area contributed by atoms with Crippen molar-refractivity contribution in [3.05, 3.63) is 81.3 Å². The number of nitrogens with one attached hydrogen (secondary N) is 1. The molecule has 1 saturated carbocycles. The molecule has 1 aliphatic carbocycles. The molecule has 0 spiro atoms. The van der Waals surface area contributed by atoms with Crippen molar-refractivity contribution in [1.82, 2.24) is 24.5 Å². The van der Waals surface area contributed by atoms with Crippen LogP contribution in [0.5, 0.6) is 0 Å². The average molecular weight is 651 g/mol. The summed E-state index contributed by atoms with van der Waals surface area (Å²) < 4.78 is 41.7. The average Bonchev–Trinajstić information content (AvgIpc) is 3.28. The highest BCUT2D eigenvalue weighted by molar-refractivity contribution is 7.10. The van der Waals surface area contributed by atoms with Gasteiger partial charge in [0.2, 0.25) is 0 Å². The third-order valence-corrected chi connectivity index (χ3v) is 9.25. The first-order chi connectivity index (χ1) is 20.7. The number of alkyl halides is 3. The minimum atomic E-state index is -4.67. The number of carbonyl (C=O) groups excluding carboxylic acids is 1. The summed E-state index contributed by atoms with van der Waals surface area (Å²) in [5.74, 6) is 0.663. The molecule has 4 aromatic rings. The van der Waals surface area contributed by atoms with Crippen LogP contribution in [0.4, 0.5) is 18.9 Å². The number of halogens is 4. The topological polar surface area (TPSA) is 97.9 Å². The molecule has 44 heavy (non-hydrogen) atoms. The van der Waals surface area contributed by atoms with Gasteiger partial charge in [-0.15, -0.1) is 11.3 Å². The first-order valence-corrected chi connectivity index (χ1v) is 15.7. The molecule has 2 N–H and O–H groups in total. The molecule has 238 valence electrons. The molecule has 3 unspecified atom stereocenters. The van der Waals surface area contributed by atoms with Gasteiger partial charge in [0.25, 0.3) is 5.91 Å². The van der Waals surface area contributed by atoms with Crippen LogP contribution in [0.2, 0.25) is 5.02 Å². The highest BCUT2D eigenvalue weighted by atomic mass is 35.5. The van der Waals surface area contributed by atoms with Crippen LogP contribution in [0.1, 0.15) is 79.4 Å². The second-order valence-corrected chi connectivity index (χ2v) is 13.3. The molecule has 1 aromatic carbocycles. The predicted molar refractivity (Wildman–Crippen MR) is 166 cm³/mol. The maximum Gasteiger partial charge on any atom is 0.435 e. The van der Waals surface area contributed by atoms with Gasteiger partial charge in [0.1, 0.15) is 18.3 Å². The van der Waals surface area contributed by atoms with E-state index in [1.807, 2.05) is 36.6 Å². The zero-order valence-corrected chi connectivity index (χ0v) is 26.9. The molecule has 0 aliphatic heterocycles. The van der Waals surface area contributed by atoms with E-state index in [1.165, 1.54) is 37.6 Å². The van der Waals surface area contributed by atoms with Gasteiger partial charge in [-0.1, -0.05) is 51.4 Å². The second-order valence-electron chi connectivity index (χ2n) is 11.9. The van der Waals surface area contributed by atoms with Gasteiger partial charge in [-0.05, 0) is 72.1 Å². The Balaban J connectivity index is 0.000000204. The number of aromatic nitrogens is 5. The van der Waals surface area contributed by atoms with Gasteiger partial charge in [-0.25, -0.2) is 9.67 Å². The van der Waals surface area contributed by atoms with Crippen LogP contribution in [-0.2, 0) is 25.4 Å². The number of hydrogen-bond acceptors (Lipinski definition) is 6. The molecular weight excluding hydrogens is 613 g/mol. The maximum absolute atomic E-state index is 13.0. The number of amides is 1. The SMILES string of the molecule is CC(C)CC(C)c1sccc1NC(=O)c1cn(C)nc1C(F)(F)F.CC(C1CC1)C(O)(Cn1cncn1)c1ccc(Cl)cc1. The molecule has 8 nitrogen and oxygen atoms in total. The van der Waals surface area contributed by atoms with Gasteiger partial charge in [0, 0.05) is 23.1 Å². The largest absolute Gasteiger partial charge is 0.435 e. The lowest BCUT2D eigenvalue weighted by Gasteiger charge is -2.35. The van der Waals surface area contributed by atoms with Crippen LogP contribution < -0.4 is 5.32 Å². The normalized spacial score (nSPS) is 16.2. The Labute approximate surface area is 264 Å². The number of benzene rings is 1. The van der Waals surface area contributed by atoms with Crippen LogP contribution in [0.15, 0.2) is 54.6 Å². The standard InChI is InChI=1S/C16H20F3N3OS.C15H18ClN3O/c1-9(2)7-10(3)13-12(5-6-24-13)20-15(23)11-8-22(4)21-14(11)16(17,18)19;1-11(12-2-3-12)15(20,8-19-10-17-9-18-19)13-4-6-14(16)7-5-13/h5-6,8-10H,7H2,1-4H3,(H,20,23);4-7,9-12,20H,2-3,8H2,1H3. The summed E-state index contributed by atoms with van der Waals surface area (Å²) in [4.78, 5) is 17.3. The van der Waals surface area contributed by atoms with Crippen LogP contribution >= 0.6 is 22.9 Å². The molecule has 3 heterocycles. The lowest BCUT2D eigenvalue weighted by atomic mass is 9.79. The molecule has 1 amide bonds. The van der Waals surface area contributed by atoms with Crippen LogP contribution in [0, 0.1) is 17.8 Å². The molecule has 3 aromatic heterocycles. The van der Waals surface area contributed by atoms with Crippen molar-refractivity contribution in [3.63, 3.8) is 0 Å². The molecule has 5 rings (SSSR count). The van der Waals surface area contributed by atoms with E-state index in [-0.39, 0.29) is 11.8 Å².